The minimum absolute atomic E-state index is 0.132. The minimum Gasteiger partial charge on any atom is -0.465 e. The number of hydrogen-bond donors (Lipinski definition) is 0. The summed E-state index contributed by atoms with van der Waals surface area (Å²) in [6.45, 7) is 9.70. The van der Waals surface area contributed by atoms with Crippen molar-refractivity contribution in [1.29, 1.82) is 0 Å². The maximum absolute atomic E-state index is 12.6. The summed E-state index contributed by atoms with van der Waals surface area (Å²) in [4.78, 5) is 28.1. The normalized spacial score (nSPS) is 22.4. The minimum atomic E-state index is -0.251. The summed E-state index contributed by atoms with van der Waals surface area (Å²) in [5.74, 6) is -0.120. The Kier molecular flexibility index (Phi) is 7.72. The number of hydrogen-bond acceptors (Lipinski definition) is 4. The van der Waals surface area contributed by atoms with Gasteiger partial charge in [-0.05, 0) is 53.0 Å². The lowest BCUT2D eigenvalue weighted by Crippen LogP contribution is -2.51. The number of amides is 1. The molecule has 0 aromatic heterocycles. The van der Waals surface area contributed by atoms with Gasteiger partial charge in [-0.3, -0.25) is 14.5 Å². The lowest BCUT2D eigenvalue weighted by atomic mass is 9.97. The molecule has 0 aliphatic carbocycles. The van der Waals surface area contributed by atoms with E-state index in [4.69, 9.17) is 4.74 Å². The quantitative estimate of drug-likeness (QED) is 0.675. The molecule has 2 atom stereocenters. The number of carbonyl (C=O) groups excluding carboxylic acids is 2. The van der Waals surface area contributed by atoms with Gasteiger partial charge in [0.05, 0.1) is 19.7 Å². The fourth-order valence-electron chi connectivity index (χ4n) is 3.11. The zero-order chi connectivity index (χ0) is 15.8. The van der Waals surface area contributed by atoms with Gasteiger partial charge in [0.1, 0.15) is 0 Å². The molecular formula is C16H30N2O3. The first-order valence-corrected chi connectivity index (χ1v) is 8.18. The van der Waals surface area contributed by atoms with Crippen LogP contribution in [0.2, 0.25) is 0 Å². The van der Waals surface area contributed by atoms with Gasteiger partial charge in [-0.15, -0.1) is 0 Å². The molecule has 0 radical (unpaired) electrons. The van der Waals surface area contributed by atoms with Crippen molar-refractivity contribution in [1.82, 2.24) is 9.80 Å². The molecule has 5 heteroatoms. The van der Waals surface area contributed by atoms with E-state index in [9.17, 15) is 9.59 Å². The summed E-state index contributed by atoms with van der Waals surface area (Å²) in [6, 6.07) is 0.597. The highest BCUT2D eigenvalue weighted by molar-refractivity contribution is 5.80. The van der Waals surface area contributed by atoms with E-state index in [0.29, 0.717) is 25.2 Å². The molecule has 0 aromatic carbocycles. The fraction of sp³-hybridized carbons (Fsp3) is 0.875. The van der Waals surface area contributed by atoms with E-state index < -0.39 is 0 Å². The van der Waals surface area contributed by atoms with Gasteiger partial charge >= 0.3 is 5.97 Å². The van der Waals surface area contributed by atoms with Crippen LogP contribution < -0.4 is 0 Å². The van der Waals surface area contributed by atoms with Crippen molar-refractivity contribution in [3.8, 4) is 0 Å². The highest BCUT2D eigenvalue weighted by Gasteiger charge is 2.29. The third kappa shape index (κ3) is 5.65. The fourth-order valence-corrected chi connectivity index (χ4v) is 3.11. The highest BCUT2D eigenvalue weighted by atomic mass is 16.5. The van der Waals surface area contributed by atoms with Gasteiger partial charge in [-0.1, -0.05) is 6.92 Å². The first-order valence-electron chi connectivity index (χ1n) is 8.18. The predicted molar refractivity (Wildman–Crippen MR) is 83.0 cm³/mol. The Morgan fingerprint density at radius 1 is 1.14 bits per heavy atom. The van der Waals surface area contributed by atoms with Crippen LogP contribution in [0.5, 0.6) is 0 Å². The largest absolute Gasteiger partial charge is 0.465 e. The number of carbonyl (C=O) groups is 2. The van der Waals surface area contributed by atoms with Crippen molar-refractivity contribution in [2.45, 2.75) is 65.5 Å². The number of likely N-dealkylation sites (tertiary alicyclic amines) is 1. The Morgan fingerprint density at radius 2 is 1.76 bits per heavy atom. The molecule has 1 fully saturated rings. The van der Waals surface area contributed by atoms with Gasteiger partial charge in [-0.25, -0.2) is 0 Å². The first-order chi connectivity index (χ1) is 9.99. The molecule has 1 amide bonds. The molecule has 0 saturated carbocycles. The van der Waals surface area contributed by atoms with Crippen molar-refractivity contribution in [3.05, 3.63) is 0 Å². The van der Waals surface area contributed by atoms with Gasteiger partial charge < -0.3 is 9.64 Å². The van der Waals surface area contributed by atoms with Crippen LogP contribution in [0, 0.1) is 0 Å². The number of nitrogens with zero attached hydrogens (tertiary/aromatic N) is 2. The van der Waals surface area contributed by atoms with Crippen LogP contribution in [0.3, 0.4) is 0 Å². The average molecular weight is 298 g/mol. The van der Waals surface area contributed by atoms with E-state index in [-0.39, 0.29) is 18.4 Å². The van der Waals surface area contributed by atoms with E-state index >= 15 is 0 Å². The molecule has 5 nitrogen and oxygen atoms in total. The molecule has 0 aromatic rings. The van der Waals surface area contributed by atoms with Crippen molar-refractivity contribution in [2.24, 2.45) is 0 Å². The molecule has 1 aliphatic heterocycles. The third-order valence-corrected chi connectivity index (χ3v) is 4.04. The molecule has 1 saturated heterocycles. The first kappa shape index (κ1) is 18.0. The van der Waals surface area contributed by atoms with Crippen LogP contribution in [0.1, 0.15) is 53.4 Å². The molecule has 1 rings (SSSR count). The van der Waals surface area contributed by atoms with Gasteiger partial charge in [0.15, 0.2) is 0 Å². The van der Waals surface area contributed by atoms with Crippen LogP contribution >= 0.6 is 0 Å². The number of ether oxygens (including phenoxy) is 1. The predicted octanol–water partition coefficient (Wildman–Crippen LogP) is 2.05. The molecular weight excluding hydrogens is 268 g/mol. The maximum Gasteiger partial charge on any atom is 0.320 e. The van der Waals surface area contributed by atoms with E-state index in [1.807, 2.05) is 9.80 Å². The van der Waals surface area contributed by atoms with E-state index in [2.05, 4.69) is 20.8 Å². The molecule has 0 N–H and O–H groups in total. The van der Waals surface area contributed by atoms with Crippen molar-refractivity contribution < 1.29 is 14.3 Å². The van der Waals surface area contributed by atoms with E-state index in [1.165, 1.54) is 6.42 Å². The Morgan fingerprint density at radius 3 is 2.29 bits per heavy atom. The van der Waals surface area contributed by atoms with Crippen molar-refractivity contribution in [3.63, 3.8) is 0 Å². The van der Waals surface area contributed by atoms with Crippen LogP contribution in [0.15, 0.2) is 0 Å². The second-order valence-corrected chi connectivity index (χ2v) is 5.95. The SMILES string of the molecule is CCCN(CC(=O)OCC)CC(=O)N1C(C)CCCC1C. The van der Waals surface area contributed by atoms with E-state index in [0.717, 1.165) is 25.8 Å². The summed E-state index contributed by atoms with van der Waals surface area (Å²) in [5.41, 5.74) is 0. The zero-order valence-corrected chi connectivity index (χ0v) is 13.9. The molecule has 0 bridgehead atoms. The summed E-state index contributed by atoms with van der Waals surface area (Å²) in [6.07, 6.45) is 4.24. The second-order valence-electron chi connectivity index (χ2n) is 5.95. The van der Waals surface area contributed by atoms with Crippen LogP contribution in [-0.4, -0.2) is 60.0 Å². The molecule has 0 spiro atoms. The van der Waals surface area contributed by atoms with Crippen LogP contribution in [-0.2, 0) is 14.3 Å². The molecule has 1 aliphatic rings. The van der Waals surface area contributed by atoms with Gasteiger partial charge in [0, 0.05) is 12.1 Å². The number of esters is 1. The monoisotopic (exact) mass is 298 g/mol. The number of rotatable bonds is 7. The smallest absolute Gasteiger partial charge is 0.320 e. The molecule has 21 heavy (non-hydrogen) atoms. The summed E-state index contributed by atoms with van der Waals surface area (Å²) in [7, 11) is 0. The average Bonchev–Trinajstić information content (AvgIpc) is 2.38. The molecule has 2 unspecified atom stereocenters. The standard InChI is InChI=1S/C16H30N2O3/c1-5-10-17(12-16(20)21-6-2)11-15(19)18-13(3)8-7-9-14(18)4/h13-14H,5-12H2,1-4H3. The lowest BCUT2D eigenvalue weighted by molar-refractivity contribution is -0.146. The Balaban J connectivity index is 2.60. The van der Waals surface area contributed by atoms with Crippen LogP contribution in [0.25, 0.3) is 0 Å². The highest BCUT2D eigenvalue weighted by Crippen LogP contribution is 2.22. The van der Waals surface area contributed by atoms with Crippen molar-refractivity contribution in [2.75, 3.05) is 26.2 Å². The molecule has 122 valence electrons. The van der Waals surface area contributed by atoms with Gasteiger partial charge in [-0.2, -0.15) is 0 Å². The maximum atomic E-state index is 12.6. The second kappa shape index (κ2) is 9.03. The van der Waals surface area contributed by atoms with E-state index in [1.54, 1.807) is 6.92 Å². The van der Waals surface area contributed by atoms with Crippen LogP contribution in [0.4, 0.5) is 0 Å². The topological polar surface area (TPSA) is 49.9 Å². The molecule has 1 heterocycles. The third-order valence-electron chi connectivity index (χ3n) is 4.04. The summed E-state index contributed by atoms with van der Waals surface area (Å²) >= 11 is 0. The van der Waals surface area contributed by atoms with Gasteiger partial charge in [0.25, 0.3) is 0 Å². The summed E-state index contributed by atoms with van der Waals surface area (Å²) < 4.78 is 4.98. The zero-order valence-electron chi connectivity index (χ0n) is 13.9. The Hall–Kier alpha value is -1.10. The summed E-state index contributed by atoms with van der Waals surface area (Å²) in [5, 5.41) is 0. The lowest BCUT2D eigenvalue weighted by Gasteiger charge is -2.40. The van der Waals surface area contributed by atoms with Crippen molar-refractivity contribution >= 4 is 11.9 Å². The Bertz CT molecular complexity index is 336. The Labute approximate surface area is 128 Å². The number of piperidine rings is 1. The van der Waals surface area contributed by atoms with Gasteiger partial charge in [0.2, 0.25) is 5.91 Å².